The topological polar surface area (TPSA) is 59.4 Å². The molecule has 4 nitrogen and oxygen atoms in total. The van der Waals surface area contributed by atoms with Crippen LogP contribution in [-0.4, -0.2) is 23.2 Å². The van der Waals surface area contributed by atoms with E-state index in [1.165, 1.54) is 7.11 Å². The van der Waals surface area contributed by atoms with Crippen molar-refractivity contribution in [1.29, 1.82) is 0 Å². The van der Waals surface area contributed by atoms with Crippen LogP contribution >= 0.6 is 15.9 Å². The van der Waals surface area contributed by atoms with Crippen molar-refractivity contribution in [1.82, 2.24) is 4.98 Å². The number of hydrogen-bond acceptors (Lipinski definition) is 4. The van der Waals surface area contributed by atoms with E-state index in [0.717, 1.165) is 9.86 Å². The third-order valence-electron chi connectivity index (χ3n) is 2.51. The van der Waals surface area contributed by atoms with Crippen molar-refractivity contribution < 1.29 is 14.6 Å². The number of aromatic hydroxyl groups is 1. The van der Waals surface area contributed by atoms with Gasteiger partial charge in [-0.3, -0.25) is 0 Å². The van der Waals surface area contributed by atoms with Gasteiger partial charge in [-0.05, 0) is 25.1 Å². The van der Waals surface area contributed by atoms with E-state index in [1.807, 2.05) is 6.07 Å². The molecule has 0 aliphatic heterocycles. The number of halogens is 1. The van der Waals surface area contributed by atoms with Crippen LogP contribution < -0.4 is 0 Å². The third-order valence-corrected chi connectivity index (χ3v) is 3.00. The zero-order valence-electron chi connectivity index (χ0n) is 9.32. The highest BCUT2D eigenvalue weighted by atomic mass is 79.9. The number of methoxy groups -OCH3 is 1. The van der Waals surface area contributed by atoms with Gasteiger partial charge in [0.25, 0.3) is 0 Å². The van der Waals surface area contributed by atoms with Crippen molar-refractivity contribution in [2.75, 3.05) is 7.11 Å². The highest BCUT2D eigenvalue weighted by molar-refractivity contribution is 9.10. The molecule has 0 radical (unpaired) electrons. The fourth-order valence-corrected chi connectivity index (χ4v) is 2.03. The van der Waals surface area contributed by atoms with Crippen molar-refractivity contribution in [2.24, 2.45) is 0 Å². The summed E-state index contributed by atoms with van der Waals surface area (Å²) < 4.78 is 5.46. The zero-order valence-corrected chi connectivity index (χ0v) is 10.9. The Kier molecular flexibility index (Phi) is 3.02. The molecule has 0 amide bonds. The number of hydrogen-bond donors (Lipinski definition) is 1. The predicted molar refractivity (Wildman–Crippen MR) is 67.2 cm³/mol. The number of nitrogens with zero attached hydrogens (tertiary/aromatic N) is 1. The number of aryl methyl sites for hydroxylation is 1. The molecule has 1 heterocycles. The summed E-state index contributed by atoms with van der Waals surface area (Å²) in [5.41, 5.74) is 0.610. The number of benzene rings is 1. The highest BCUT2D eigenvalue weighted by Crippen LogP contribution is 2.31. The number of pyridine rings is 1. The lowest BCUT2D eigenvalue weighted by Gasteiger charge is -2.08. The molecule has 2 aromatic rings. The Labute approximate surface area is 106 Å². The van der Waals surface area contributed by atoms with Gasteiger partial charge in [0, 0.05) is 20.9 Å². The van der Waals surface area contributed by atoms with Gasteiger partial charge in [-0.25, -0.2) is 9.78 Å². The van der Waals surface area contributed by atoms with Gasteiger partial charge in [0.1, 0.15) is 0 Å². The van der Waals surface area contributed by atoms with Crippen LogP contribution in [0.4, 0.5) is 0 Å². The summed E-state index contributed by atoms with van der Waals surface area (Å²) in [5, 5.41) is 11.4. The van der Waals surface area contributed by atoms with E-state index >= 15 is 0 Å². The summed E-state index contributed by atoms with van der Waals surface area (Å²) in [6.07, 6.45) is 0. The summed E-state index contributed by atoms with van der Waals surface area (Å²) in [5.74, 6) is -0.791. The SMILES string of the molecule is COC(=O)c1nc(C)c2cc(Br)ccc2c1O. The molecule has 0 fully saturated rings. The molecule has 1 aromatic heterocycles. The van der Waals surface area contributed by atoms with Crippen molar-refractivity contribution >= 4 is 32.7 Å². The second kappa shape index (κ2) is 4.33. The maximum atomic E-state index is 11.4. The van der Waals surface area contributed by atoms with Gasteiger partial charge in [0.2, 0.25) is 0 Å². The lowest BCUT2D eigenvalue weighted by atomic mass is 10.1. The molecule has 1 N–H and O–H groups in total. The average Bonchev–Trinajstić information content (AvgIpc) is 2.32. The number of aromatic nitrogens is 1. The minimum atomic E-state index is -0.643. The standard InChI is InChI=1S/C12H10BrNO3/c1-6-9-5-7(13)3-4-8(9)11(15)10(14-6)12(16)17-2/h3-5,15H,1-2H3. The minimum Gasteiger partial charge on any atom is -0.505 e. The predicted octanol–water partition coefficient (Wildman–Crippen LogP) is 2.80. The number of rotatable bonds is 1. The normalized spacial score (nSPS) is 10.5. The summed E-state index contributed by atoms with van der Waals surface area (Å²) in [6.45, 7) is 1.78. The lowest BCUT2D eigenvalue weighted by molar-refractivity contribution is 0.0590. The molecule has 1 aromatic carbocycles. The Bertz CT molecular complexity index is 610. The van der Waals surface area contributed by atoms with Gasteiger partial charge in [0.05, 0.1) is 7.11 Å². The third kappa shape index (κ3) is 1.98. The van der Waals surface area contributed by atoms with Gasteiger partial charge >= 0.3 is 5.97 Å². The number of ether oxygens (including phenoxy) is 1. The first-order valence-corrected chi connectivity index (χ1v) is 5.71. The fraction of sp³-hybridized carbons (Fsp3) is 0.167. The van der Waals surface area contributed by atoms with E-state index < -0.39 is 5.97 Å². The van der Waals surface area contributed by atoms with Crippen molar-refractivity contribution in [3.8, 4) is 5.75 Å². The smallest absolute Gasteiger partial charge is 0.360 e. The van der Waals surface area contributed by atoms with Gasteiger partial charge < -0.3 is 9.84 Å². The molecule has 0 aliphatic carbocycles. The van der Waals surface area contributed by atoms with E-state index in [0.29, 0.717) is 11.1 Å². The molecule has 0 saturated heterocycles. The van der Waals surface area contributed by atoms with Crippen LogP contribution in [0, 0.1) is 6.92 Å². The first-order chi connectivity index (χ1) is 8.04. The number of fused-ring (bicyclic) bond motifs is 1. The van der Waals surface area contributed by atoms with E-state index in [1.54, 1.807) is 19.1 Å². The molecule has 0 spiro atoms. The first-order valence-electron chi connectivity index (χ1n) is 4.91. The maximum Gasteiger partial charge on any atom is 0.360 e. The summed E-state index contributed by atoms with van der Waals surface area (Å²) in [6, 6.07) is 5.37. The van der Waals surface area contributed by atoms with Crippen molar-refractivity contribution in [2.45, 2.75) is 6.92 Å². The van der Waals surface area contributed by atoms with Gasteiger partial charge in [-0.2, -0.15) is 0 Å². The molecule has 2 rings (SSSR count). The fourth-order valence-electron chi connectivity index (χ4n) is 1.67. The highest BCUT2D eigenvalue weighted by Gasteiger charge is 2.18. The molecule has 17 heavy (non-hydrogen) atoms. The van der Waals surface area contributed by atoms with E-state index in [9.17, 15) is 9.90 Å². The zero-order chi connectivity index (χ0) is 12.6. The average molecular weight is 296 g/mol. The molecule has 0 aliphatic rings. The van der Waals surface area contributed by atoms with Crippen LogP contribution in [0.25, 0.3) is 10.8 Å². The molecule has 88 valence electrons. The number of carbonyl (C=O) groups is 1. The second-order valence-corrected chi connectivity index (χ2v) is 4.49. The Morgan fingerprint density at radius 3 is 2.76 bits per heavy atom. The molecule has 0 unspecified atom stereocenters. The lowest BCUT2D eigenvalue weighted by Crippen LogP contribution is -2.06. The molecule has 0 atom stereocenters. The van der Waals surface area contributed by atoms with E-state index in [2.05, 4.69) is 25.7 Å². The maximum absolute atomic E-state index is 11.4. The van der Waals surface area contributed by atoms with Gasteiger partial charge in [0.15, 0.2) is 11.4 Å². The Balaban J connectivity index is 2.81. The van der Waals surface area contributed by atoms with E-state index in [4.69, 9.17) is 0 Å². The van der Waals surface area contributed by atoms with Gasteiger partial charge in [-0.1, -0.05) is 15.9 Å². The van der Waals surface area contributed by atoms with Crippen LogP contribution in [0.3, 0.4) is 0 Å². The molecular formula is C12H10BrNO3. The molecular weight excluding hydrogens is 286 g/mol. The number of carbonyl (C=O) groups excluding carboxylic acids is 1. The van der Waals surface area contributed by atoms with Crippen molar-refractivity contribution in [3.05, 3.63) is 34.1 Å². The first kappa shape index (κ1) is 11.9. The summed E-state index contributed by atoms with van der Waals surface area (Å²) >= 11 is 3.35. The summed E-state index contributed by atoms with van der Waals surface area (Å²) in [7, 11) is 1.25. The van der Waals surface area contributed by atoms with Crippen LogP contribution in [0.2, 0.25) is 0 Å². The quantitative estimate of drug-likeness (QED) is 0.822. The van der Waals surface area contributed by atoms with Crippen LogP contribution in [-0.2, 0) is 4.74 Å². The monoisotopic (exact) mass is 295 g/mol. The molecule has 5 heteroatoms. The van der Waals surface area contributed by atoms with Crippen molar-refractivity contribution in [3.63, 3.8) is 0 Å². The Morgan fingerprint density at radius 1 is 1.41 bits per heavy atom. The van der Waals surface area contributed by atoms with E-state index in [-0.39, 0.29) is 11.4 Å². The molecule has 0 saturated carbocycles. The Morgan fingerprint density at radius 2 is 2.12 bits per heavy atom. The largest absolute Gasteiger partial charge is 0.505 e. The summed E-state index contributed by atoms with van der Waals surface area (Å²) in [4.78, 5) is 15.5. The number of esters is 1. The second-order valence-electron chi connectivity index (χ2n) is 3.58. The molecule has 0 bridgehead atoms. The van der Waals surface area contributed by atoms with Crippen LogP contribution in [0.5, 0.6) is 5.75 Å². The van der Waals surface area contributed by atoms with Gasteiger partial charge in [-0.15, -0.1) is 0 Å². The Hall–Kier alpha value is -1.62. The minimum absolute atomic E-state index is 0.0557. The van der Waals surface area contributed by atoms with Crippen LogP contribution in [0.1, 0.15) is 16.2 Å². The van der Waals surface area contributed by atoms with Crippen LogP contribution in [0.15, 0.2) is 22.7 Å².